The van der Waals surface area contributed by atoms with Crippen LogP contribution in [0.3, 0.4) is 0 Å². The Morgan fingerprint density at radius 1 is 1.05 bits per heavy atom. The highest BCUT2D eigenvalue weighted by Gasteiger charge is 2.11. The standard InChI is InChI=1S/C17H22N2O2/c1-3-18-12-15-6-5-7-16(20-4-2)17(15)21-13-14-8-10-19-11-9-14/h5-11,18H,3-4,12-13H2,1-2H3. The molecule has 0 bridgehead atoms. The molecule has 0 aliphatic carbocycles. The lowest BCUT2D eigenvalue weighted by molar-refractivity contribution is 0.266. The van der Waals surface area contributed by atoms with Crippen molar-refractivity contribution in [3.8, 4) is 11.5 Å². The Labute approximate surface area is 126 Å². The summed E-state index contributed by atoms with van der Waals surface area (Å²) in [5, 5.41) is 3.33. The van der Waals surface area contributed by atoms with Crippen LogP contribution in [0, 0.1) is 0 Å². The Morgan fingerprint density at radius 3 is 2.57 bits per heavy atom. The molecule has 2 rings (SSSR count). The zero-order valence-electron chi connectivity index (χ0n) is 12.6. The lowest BCUT2D eigenvalue weighted by atomic mass is 10.1. The average Bonchev–Trinajstić information content (AvgIpc) is 2.53. The van der Waals surface area contributed by atoms with Gasteiger partial charge in [-0.2, -0.15) is 0 Å². The highest BCUT2D eigenvalue weighted by molar-refractivity contribution is 5.46. The molecular formula is C17H22N2O2. The zero-order chi connectivity index (χ0) is 14.9. The molecule has 4 nitrogen and oxygen atoms in total. The minimum Gasteiger partial charge on any atom is -0.490 e. The van der Waals surface area contributed by atoms with Crippen molar-refractivity contribution in [1.29, 1.82) is 0 Å². The van der Waals surface area contributed by atoms with E-state index in [-0.39, 0.29) is 0 Å². The van der Waals surface area contributed by atoms with Gasteiger partial charge >= 0.3 is 0 Å². The molecule has 0 unspecified atom stereocenters. The predicted octanol–water partition coefficient (Wildman–Crippen LogP) is 3.17. The second-order valence-corrected chi connectivity index (χ2v) is 4.60. The number of pyridine rings is 1. The number of hydrogen-bond donors (Lipinski definition) is 1. The van der Waals surface area contributed by atoms with Crippen molar-refractivity contribution in [3.05, 3.63) is 53.9 Å². The Morgan fingerprint density at radius 2 is 1.86 bits per heavy atom. The van der Waals surface area contributed by atoms with Crippen molar-refractivity contribution < 1.29 is 9.47 Å². The molecule has 0 atom stereocenters. The molecule has 0 fully saturated rings. The largest absolute Gasteiger partial charge is 0.490 e. The van der Waals surface area contributed by atoms with Crippen LogP contribution in [0.5, 0.6) is 11.5 Å². The summed E-state index contributed by atoms with van der Waals surface area (Å²) in [7, 11) is 0. The maximum Gasteiger partial charge on any atom is 0.166 e. The molecule has 21 heavy (non-hydrogen) atoms. The van der Waals surface area contributed by atoms with E-state index in [0.29, 0.717) is 13.2 Å². The minimum absolute atomic E-state index is 0.506. The molecule has 0 amide bonds. The SMILES string of the molecule is CCNCc1cccc(OCC)c1OCc1ccncc1. The topological polar surface area (TPSA) is 43.4 Å². The van der Waals surface area contributed by atoms with E-state index in [4.69, 9.17) is 9.47 Å². The Hall–Kier alpha value is -2.07. The summed E-state index contributed by atoms with van der Waals surface area (Å²) in [6, 6.07) is 9.91. The molecule has 0 aliphatic heterocycles. The molecule has 0 saturated heterocycles. The maximum absolute atomic E-state index is 6.01. The van der Waals surface area contributed by atoms with Crippen molar-refractivity contribution in [2.24, 2.45) is 0 Å². The summed E-state index contributed by atoms with van der Waals surface area (Å²) in [4.78, 5) is 4.02. The van der Waals surface area contributed by atoms with Gasteiger partial charge in [-0.15, -0.1) is 0 Å². The normalized spacial score (nSPS) is 10.4. The summed E-state index contributed by atoms with van der Waals surface area (Å²) in [6.07, 6.45) is 3.54. The van der Waals surface area contributed by atoms with Gasteiger partial charge in [0, 0.05) is 24.5 Å². The molecule has 0 aliphatic rings. The van der Waals surface area contributed by atoms with Gasteiger partial charge in [0.1, 0.15) is 6.61 Å². The van der Waals surface area contributed by atoms with Gasteiger partial charge in [0.05, 0.1) is 6.61 Å². The lowest BCUT2D eigenvalue weighted by Gasteiger charge is -2.16. The molecule has 4 heteroatoms. The number of ether oxygens (including phenoxy) is 2. The Kier molecular flexibility index (Phi) is 6.03. The number of rotatable bonds is 8. The molecule has 1 aromatic carbocycles. The molecule has 0 spiro atoms. The van der Waals surface area contributed by atoms with Crippen molar-refractivity contribution in [3.63, 3.8) is 0 Å². The molecule has 1 heterocycles. The van der Waals surface area contributed by atoms with Gasteiger partial charge in [-0.1, -0.05) is 19.1 Å². The quantitative estimate of drug-likeness (QED) is 0.809. The first-order valence-corrected chi connectivity index (χ1v) is 7.32. The lowest BCUT2D eigenvalue weighted by Crippen LogP contribution is -2.13. The molecule has 1 N–H and O–H groups in total. The van der Waals surface area contributed by atoms with Crippen LogP contribution in [0.1, 0.15) is 25.0 Å². The second kappa shape index (κ2) is 8.27. The molecule has 112 valence electrons. The monoisotopic (exact) mass is 286 g/mol. The van der Waals surface area contributed by atoms with Crippen LogP contribution in [-0.2, 0) is 13.2 Å². The first-order chi connectivity index (χ1) is 10.3. The molecular weight excluding hydrogens is 264 g/mol. The van der Waals surface area contributed by atoms with Gasteiger partial charge in [-0.05, 0) is 37.2 Å². The average molecular weight is 286 g/mol. The molecule has 1 aromatic heterocycles. The predicted molar refractivity (Wildman–Crippen MR) is 83.6 cm³/mol. The highest BCUT2D eigenvalue weighted by atomic mass is 16.5. The fourth-order valence-corrected chi connectivity index (χ4v) is 2.03. The van der Waals surface area contributed by atoms with Crippen molar-refractivity contribution in [1.82, 2.24) is 10.3 Å². The van der Waals surface area contributed by atoms with E-state index in [0.717, 1.165) is 35.7 Å². The third-order valence-electron chi connectivity index (χ3n) is 3.06. The summed E-state index contributed by atoms with van der Waals surface area (Å²) in [5.41, 5.74) is 2.20. The van der Waals surface area contributed by atoms with Gasteiger partial charge in [-0.25, -0.2) is 0 Å². The summed E-state index contributed by atoms with van der Waals surface area (Å²) in [5.74, 6) is 1.61. The van der Waals surface area contributed by atoms with Crippen molar-refractivity contribution in [2.45, 2.75) is 27.0 Å². The van der Waals surface area contributed by atoms with E-state index in [1.165, 1.54) is 0 Å². The van der Waals surface area contributed by atoms with E-state index in [2.05, 4.69) is 23.3 Å². The van der Waals surface area contributed by atoms with E-state index >= 15 is 0 Å². The Bertz CT molecular complexity index is 544. The van der Waals surface area contributed by atoms with Crippen LogP contribution < -0.4 is 14.8 Å². The molecule has 0 saturated carbocycles. The summed E-state index contributed by atoms with van der Waals surface area (Å²) in [6.45, 7) is 6.88. The van der Waals surface area contributed by atoms with Crippen LogP contribution in [0.15, 0.2) is 42.7 Å². The first-order valence-electron chi connectivity index (χ1n) is 7.32. The van der Waals surface area contributed by atoms with Gasteiger partial charge in [0.2, 0.25) is 0 Å². The molecule has 2 aromatic rings. The van der Waals surface area contributed by atoms with Gasteiger partial charge < -0.3 is 14.8 Å². The van der Waals surface area contributed by atoms with E-state index < -0.39 is 0 Å². The van der Waals surface area contributed by atoms with Crippen LogP contribution >= 0.6 is 0 Å². The van der Waals surface area contributed by atoms with Crippen LogP contribution in [0.25, 0.3) is 0 Å². The number of benzene rings is 1. The van der Waals surface area contributed by atoms with E-state index in [1.54, 1.807) is 12.4 Å². The number of hydrogen-bond acceptors (Lipinski definition) is 4. The first kappa shape index (κ1) is 15.3. The Balaban J connectivity index is 2.17. The van der Waals surface area contributed by atoms with Crippen LogP contribution in [-0.4, -0.2) is 18.1 Å². The maximum atomic E-state index is 6.01. The van der Waals surface area contributed by atoms with E-state index in [9.17, 15) is 0 Å². The zero-order valence-corrected chi connectivity index (χ0v) is 12.6. The number of para-hydroxylation sites is 1. The summed E-state index contributed by atoms with van der Waals surface area (Å²) < 4.78 is 11.7. The third-order valence-corrected chi connectivity index (χ3v) is 3.06. The minimum atomic E-state index is 0.506. The number of nitrogens with zero attached hydrogens (tertiary/aromatic N) is 1. The van der Waals surface area contributed by atoms with Crippen LogP contribution in [0.2, 0.25) is 0 Å². The smallest absolute Gasteiger partial charge is 0.166 e. The van der Waals surface area contributed by atoms with Crippen molar-refractivity contribution in [2.75, 3.05) is 13.2 Å². The van der Waals surface area contributed by atoms with Gasteiger partial charge in [0.15, 0.2) is 11.5 Å². The van der Waals surface area contributed by atoms with Crippen LogP contribution in [0.4, 0.5) is 0 Å². The summed E-state index contributed by atoms with van der Waals surface area (Å²) >= 11 is 0. The number of nitrogens with one attached hydrogen (secondary N) is 1. The fourth-order valence-electron chi connectivity index (χ4n) is 2.03. The third kappa shape index (κ3) is 4.46. The van der Waals surface area contributed by atoms with Gasteiger partial charge in [-0.3, -0.25) is 4.98 Å². The van der Waals surface area contributed by atoms with Crippen molar-refractivity contribution >= 4 is 0 Å². The van der Waals surface area contributed by atoms with Gasteiger partial charge in [0.25, 0.3) is 0 Å². The fraction of sp³-hybridized carbons (Fsp3) is 0.353. The second-order valence-electron chi connectivity index (χ2n) is 4.60. The highest BCUT2D eigenvalue weighted by Crippen LogP contribution is 2.32. The van der Waals surface area contributed by atoms with E-state index in [1.807, 2.05) is 31.2 Å². The molecule has 0 radical (unpaired) electrons. The number of aromatic nitrogens is 1.